The molecule has 1 fully saturated rings. The number of halogens is 3. The van der Waals surface area contributed by atoms with Crippen LogP contribution >= 0.6 is 0 Å². The number of anilines is 1. The topological polar surface area (TPSA) is 110 Å². The minimum atomic E-state index is -5.93. The summed E-state index contributed by atoms with van der Waals surface area (Å²) < 4.78 is 65.3. The maximum Gasteiger partial charge on any atom is 0.534 e. The van der Waals surface area contributed by atoms with Crippen molar-refractivity contribution in [3.8, 4) is 5.88 Å². The van der Waals surface area contributed by atoms with Crippen LogP contribution in [0.15, 0.2) is 18.2 Å². The molecule has 1 aromatic heterocycles. The number of aromatic nitrogens is 2. The first kappa shape index (κ1) is 19.1. The van der Waals surface area contributed by atoms with Crippen molar-refractivity contribution in [3.05, 3.63) is 23.8 Å². The van der Waals surface area contributed by atoms with E-state index >= 15 is 0 Å². The molecular weight excluding hydrogens is 391 g/mol. The number of rotatable bonds is 4. The lowest BCUT2D eigenvalue weighted by atomic mass is 10.2. The van der Waals surface area contributed by atoms with Gasteiger partial charge in [-0.3, -0.25) is 0 Å². The van der Waals surface area contributed by atoms with Crippen LogP contribution in [-0.2, 0) is 10.1 Å². The highest BCUT2D eigenvalue weighted by Gasteiger charge is 2.49. The van der Waals surface area contributed by atoms with Crippen LogP contribution in [0.3, 0.4) is 0 Å². The fraction of sp³-hybridized carbons (Fsp3) is 0.400. The molecule has 1 unspecified atom stereocenters. The lowest BCUT2D eigenvalue weighted by Crippen LogP contribution is -2.31. The van der Waals surface area contributed by atoms with Gasteiger partial charge in [-0.2, -0.15) is 21.6 Å². The molecule has 0 radical (unpaired) electrons. The lowest BCUT2D eigenvalue weighted by molar-refractivity contribution is -0.0501. The fourth-order valence-corrected chi connectivity index (χ4v) is 3.22. The highest BCUT2D eigenvalue weighted by atomic mass is 32.2. The first-order chi connectivity index (χ1) is 12.5. The number of hydrogen-bond acceptors (Lipinski definition) is 7. The van der Waals surface area contributed by atoms with Crippen molar-refractivity contribution in [2.24, 2.45) is 0 Å². The van der Waals surface area contributed by atoms with Gasteiger partial charge in [-0.25, -0.2) is 14.8 Å². The molecule has 1 aliphatic heterocycles. The maximum atomic E-state index is 12.7. The average Bonchev–Trinajstić information content (AvgIpc) is 2.98. The van der Waals surface area contributed by atoms with Crippen LogP contribution in [-0.4, -0.2) is 47.6 Å². The SMILES string of the molecule is CC1CCCN1c1nc2cc(C(=O)O)ccc2nc1OS(=O)(=O)C(F)(F)F. The van der Waals surface area contributed by atoms with Crippen molar-refractivity contribution in [1.82, 2.24) is 9.97 Å². The summed E-state index contributed by atoms with van der Waals surface area (Å²) in [5.41, 5.74) is -5.61. The Morgan fingerprint density at radius 2 is 2.00 bits per heavy atom. The normalized spacial score (nSPS) is 18.1. The quantitative estimate of drug-likeness (QED) is 0.611. The van der Waals surface area contributed by atoms with Crippen molar-refractivity contribution in [3.63, 3.8) is 0 Å². The summed E-state index contributed by atoms with van der Waals surface area (Å²) in [5.74, 6) is -2.19. The van der Waals surface area contributed by atoms with Crippen molar-refractivity contribution in [1.29, 1.82) is 0 Å². The molecule has 1 atom stereocenters. The number of carboxylic acid groups (broad SMARTS) is 1. The average molecular weight is 405 g/mol. The van der Waals surface area contributed by atoms with E-state index in [1.807, 2.05) is 0 Å². The molecule has 1 aliphatic rings. The Morgan fingerprint density at radius 3 is 2.56 bits per heavy atom. The zero-order valence-electron chi connectivity index (χ0n) is 13.9. The molecule has 27 heavy (non-hydrogen) atoms. The van der Waals surface area contributed by atoms with E-state index in [0.717, 1.165) is 12.8 Å². The number of aromatic carboxylic acids is 1. The molecule has 8 nitrogen and oxygen atoms in total. The van der Waals surface area contributed by atoms with Gasteiger partial charge in [0.2, 0.25) is 0 Å². The molecule has 0 aliphatic carbocycles. The van der Waals surface area contributed by atoms with Crippen LogP contribution in [0.5, 0.6) is 5.88 Å². The Labute approximate surface area is 151 Å². The number of fused-ring (bicyclic) bond motifs is 1. The van der Waals surface area contributed by atoms with E-state index in [2.05, 4.69) is 14.2 Å². The fourth-order valence-electron chi connectivity index (χ4n) is 2.80. The van der Waals surface area contributed by atoms with Gasteiger partial charge in [-0.1, -0.05) is 0 Å². The molecule has 1 aromatic carbocycles. The van der Waals surface area contributed by atoms with E-state index in [-0.39, 0.29) is 28.5 Å². The minimum Gasteiger partial charge on any atom is -0.478 e. The summed E-state index contributed by atoms with van der Waals surface area (Å²) in [4.78, 5) is 20.7. The Morgan fingerprint density at radius 1 is 1.30 bits per heavy atom. The molecule has 12 heteroatoms. The zero-order chi connectivity index (χ0) is 20.0. The molecule has 2 aromatic rings. The van der Waals surface area contributed by atoms with Gasteiger partial charge in [-0.15, -0.1) is 0 Å². The van der Waals surface area contributed by atoms with Gasteiger partial charge in [-0.05, 0) is 38.0 Å². The third-order valence-corrected chi connectivity index (χ3v) is 5.10. The molecule has 3 rings (SSSR count). The summed E-state index contributed by atoms with van der Waals surface area (Å²) >= 11 is 0. The Hall–Kier alpha value is -2.63. The monoisotopic (exact) mass is 405 g/mol. The van der Waals surface area contributed by atoms with E-state index in [0.29, 0.717) is 6.54 Å². The third-order valence-electron chi connectivity index (χ3n) is 4.16. The van der Waals surface area contributed by atoms with E-state index < -0.39 is 27.5 Å². The number of carboxylic acids is 1. The summed E-state index contributed by atoms with van der Waals surface area (Å²) in [6.45, 7) is 2.22. The van der Waals surface area contributed by atoms with E-state index in [4.69, 9.17) is 5.11 Å². The Balaban J connectivity index is 2.18. The molecule has 0 spiro atoms. The molecule has 146 valence electrons. The first-order valence-corrected chi connectivity index (χ1v) is 9.23. The summed E-state index contributed by atoms with van der Waals surface area (Å²) in [5, 5.41) is 9.08. The summed E-state index contributed by atoms with van der Waals surface area (Å²) in [6.07, 6.45) is 1.45. The number of nitrogens with zero attached hydrogens (tertiary/aromatic N) is 3. The smallest absolute Gasteiger partial charge is 0.478 e. The van der Waals surface area contributed by atoms with Gasteiger partial charge in [0.1, 0.15) is 0 Å². The molecule has 1 N–H and O–H groups in total. The molecule has 0 bridgehead atoms. The number of alkyl halides is 3. The predicted molar refractivity (Wildman–Crippen MR) is 88.1 cm³/mol. The van der Waals surface area contributed by atoms with Crippen LogP contribution in [0.2, 0.25) is 0 Å². The number of hydrogen-bond donors (Lipinski definition) is 1. The minimum absolute atomic E-state index is 0.00275. The van der Waals surface area contributed by atoms with E-state index in [9.17, 15) is 26.4 Å². The lowest BCUT2D eigenvalue weighted by Gasteiger charge is -2.24. The molecular formula is C15H14F3N3O5S. The largest absolute Gasteiger partial charge is 0.534 e. The number of carbonyl (C=O) groups is 1. The van der Waals surface area contributed by atoms with Crippen LogP contribution in [0.1, 0.15) is 30.1 Å². The molecule has 1 saturated heterocycles. The highest BCUT2D eigenvalue weighted by molar-refractivity contribution is 7.88. The van der Waals surface area contributed by atoms with Crippen LogP contribution in [0.25, 0.3) is 11.0 Å². The van der Waals surface area contributed by atoms with Crippen molar-refractivity contribution < 1.29 is 35.7 Å². The number of benzene rings is 1. The standard InChI is InChI=1S/C15H14F3N3O5S/c1-8-3-2-6-21(8)12-13(26-27(24,25)15(16,17)18)20-10-5-4-9(14(22)23)7-11(10)19-12/h4-5,7-8H,2-3,6H2,1H3,(H,22,23). The second-order valence-corrected chi connectivity index (χ2v) is 7.57. The second kappa shape index (κ2) is 6.51. The molecule has 2 heterocycles. The van der Waals surface area contributed by atoms with E-state index in [1.54, 1.807) is 11.8 Å². The van der Waals surface area contributed by atoms with Gasteiger partial charge < -0.3 is 14.2 Å². The second-order valence-electron chi connectivity index (χ2n) is 6.03. The van der Waals surface area contributed by atoms with Gasteiger partial charge >= 0.3 is 21.6 Å². The van der Waals surface area contributed by atoms with Crippen molar-refractivity contribution in [2.45, 2.75) is 31.3 Å². The van der Waals surface area contributed by atoms with Gasteiger partial charge in [0.05, 0.1) is 16.6 Å². The van der Waals surface area contributed by atoms with E-state index in [1.165, 1.54) is 18.2 Å². The summed E-state index contributed by atoms with van der Waals surface area (Å²) in [7, 11) is -5.93. The Bertz CT molecular complexity index is 1010. The zero-order valence-corrected chi connectivity index (χ0v) is 14.7. The van der Waals surface area contributed by atoms with Gasteiger partial charge in [0.15, 0.2) is 5.82 Å². The van der Waals surface area contributed by atoms with Crippen LogP contribution < -0.4 is 9.08 Å². The summed E-state index contributed by atoms with van der Waals surface area (Å²) in [6, 6.07) is 3.47. The molecule has 0 saturated carbocycles. The molecule has 0 amide bonds. The Kier molecular flexibility index (Phi) is 4.62. The van der Waals surface area contributed by atoms with Crippen molar-refractivity contribution >= 4 is 32.9 Å². The third kappa shape index (κ3) is 3.61. The first-order valence-electron chi connectivity index (χ1n) is 7.82. The predicted octanol–water partition coefficient (Wildman–Crippen LogP) is 2.55. The van der Waals surface area contributed by atoms with Gasteiger partial charge in [0, 0.05) is 12.6 Å². The van der Waals surface area contributed by atoms with Gasteiger partial charge in [0.25, 0.3) is 5.88 Å². The maximum absolute atomic E-state index is 12.7. The van der Waals surface area contributed by atoms with Crippen LogP contribution in [0, 0.1) is 0 Å². The highest BCUT2D eigenvalue weighted by Crippen LogP contribution is 2.35. The van der Waals surface area contributed by atoms with Crippen LogP contribution in [0.4, 0.5) is 19.0 Å². The van der Waals surface area contributed by atoms with Crippen molar-refractivity contribution in [2.75, 3.05) is 11.4 Å².